The monoisotopic (exact) mass is 246 g/mol. The van der Waals surface area contributed by atoms with E-state index in [-0.39, 0.29) is 6.42 Å². The van der Waals surface area contributed by atoms with Gasteiger partial charge in [-0.3, -0.25) is 4.79 Å². The Bertz CT molecular complexity index is 546. The summed E-state index contributed by atoms with van der Waals surface area (Å²) in [5.41, 5.74) is 2.18. The predicted octanol–water partition coefficient (Wildman–Crippen LogP) is 2.85. The molecule has 4 heteroatoms. The van der Waals surface area contributed by atoms with Crippen LogP contribution in [0.5, 0.6) is 0 Å². The molecule has 1 N–H and O–H groups in total. The number of imidazole rings is 1. The van der Waals surface area contributed by atoms with Crippen LogP contribution in [0, 0.1) is 0 Å². The van der Waals surface area contributed by atoms with Crippen LogP contribution in [0.1, 0.15) is 32.0 Å². The molecular formula is C14H18N2O2. The average Bonchev–Trinajstić information content (AvgIpc) is 2.71. The van der Waals surface area contributed by atoms with Crippen LogP contribution in [-0.2, 0) is 17.8 Å². The van der Waals surface area contributed by atoms with Crippen LogP contribution in [0.3, 0.4) is 0 Å². The molecule has 0 amide bonds. The molecule has 0 radical (unpaired) electrons. The highest BCUT2D eigenvalue weighted by Gasteiger charge is 2.08. The molecule has 0 saturated carbocycles. The van der Waals surface area contributed by atoms with Gasteiger partial charge in [-0.2, -0.15) is 0 Å². The van der Waals surface area contributed by atoms with Crippen molar-refractivity contribution in [3.05, 3.63) is 30.1 Å². The largest absolute Gasteiger partial charge is 0.481 e. The zero-order valence-corrected chi connectivity index (χ0v) is 10.6. The number of unbranched alkanes of at least 4 members (excludes halogenated alkanes) is 1. The number of aromatic nitrogens is 2. The molecule has 1 aromatic heterocycles. The molecule has 1 aromatic carbocycles. The van der Waals surface area contributed by atoms with Crippen molar-refractivity contribution in [1.29, 1.82) is 0 Å². The Morgan fingerprint density at radius 2 is 2.11 bits per heavy atom. The first kappa shape index (κ1) is 12.6. The van der Waals surface area contributed by atoms with Crippen LogP contribution in [0.15, 0.2) is 24.3 Å². The van der Waals surface area contributed by atoms with Gasteiger partial charge in [0.15, 0.2) is 0 Å². The first-order valence-electron chi connectivity index (χ1n) is 6.38. The molecule has 1 heterocycles. The van der Waals surface area contributed by atoms with Gasteiger partial charge in [0.25, 0.3) is 0 Å². The summed E-state index contributed by atoms with van der Waals surface area (Å²) in [6.45, 7) is 3.00. The maximum atomic E-state index is 10.5. The minimum Gasteiger partial charge on any atom is -0.481 e. The molecule has 0 spiro atoms. The number of aliphatic carboxylic acids is 1. The van der Waals surface area contributed by atoms with E-state index >= 15 is 0 Å². The van der Waals surface area contributed by atoms with Crippen LogP contribution in [0.25, 0.3) is 11.0 Å². The Kier molecular flexibility index (Phi) is 3.97. The predicted molar refractivity (Wildman–Crippen MR) is 70.6 cm³/mol. The van der Waals surface area contributed by atoms with Gasteiger partial charge in [-0.15, -0.1) is 0 Å². The fourth-order valence-electron chi connectivity index (χ4n) is 2.23. The number of carboxylic acid groups (broad SMARTS) is 1. The summed E-state index contributed by atoms with van der Waals surface area (Å²) in [7, 11) is 0. The number of rotatable bonds is 6. The summed E-state index contributed by atoms with van der Waals surface area (Å²) in [4.78, 5) is 15.1. The second kappa shape index (κ2) is 5.67. The third-order valence-electron chi connectivity index (χ3n) is 3.09. The second-order valence-electron chi connectivity index (χ2n) is 4.36. The van der Waals surface area contributed by atoms with E-state index < -0.39 is 5.97 Å². The highest BCUT2D eigenvalue weighted by molar-refractivity contribution is 5.75. The third-order valence-corrected chi connectivity index (χ3v) is 3.09. The van der Waals surface area contributed by atoms with Crippen LogP contribution < -0.4 is 0 Å². The molecule has 0 fully saturated rings. The van der Waals surface area contributed by atoms with Crippen molar-refractivity contribution < 1.29 is 9.90 Å². The lowest BCUT2D eigenvalue weighted by Gasteiger charge is -2.05. The Hall–Kier alpha value is -1.84. The fourth-order valence-corrected chi connectivity index (χ4v) is 2.23. The van der Waals surface area contributed by atoms with Gasteiger partial charge in [0.05, 0.1) is 11.0 Å². The van der Waals surface area contributed by atoms with Crippen molar-refractivity contribution in [3.63, 3.8) is 0 Å². The zero-order valence-electron chi connectivity index (χ0n) is 10.6. The molecule has 0 atom stereocenters. The highest BCUT2D eigenvalue weighted by atomic mass is 16.4. The molecule has 0 saturated heterocycles. The summed E-state index contributed by atoms with van der Waals surface area (Å²) in [6, 6.07) is 8.10. The van der Waals surface area contributed by atoms with Gasteiger partial charge in [-0.25, -0.2) is 4.98 Å². The summed E-state index contributed by atoms with van der Waals surface area (Å²) in [5.74, 6) is 0.336. The Balaban J connectivity index is 2.10. The minimum absolute atomic E-state index is 0.242. The number of nitrogens with zero attached hydrogens (tertiary/aromatic N) is 2. The maximum absolute atomic E-state index is 10.5. The molecule has 0 aliphatic rings. The highest BCUT2D eigenvalue weighted by Crippen LogP contribution is 2.17. The normalized spacial score (nSPS) is 10.9. The number of hydrogen-bond acceptors (Lipinski definition) is 2. The van der Waals surface area contributed by atoms with Crippen molar-refractivity contribution in [2.75, 3.05) is 0 Å². The average molecular weight is 246 g/mol. The van der Waals surface area contributed by atoms with Crippen molar-refractivity contribution in [2.24, 2.45) is 0 Å². The second-order valence-corrected chi connectivity index (χ2v) is 4.36. The summed E-state index contributed by atoms with van der Waals surface area (Å²) >= 11 is 0. The van der Waals surface area contributed by atoms with E-state index in [0.717, 1.165) is 36.2 Å². The SMILES string of the molecule is CCn1c(CCCCC(=O)O)nc2ccccc21. The first-order valence-corrected chi connectivity index (χ1v) is 6.38. The molecule has 4 nitrogen and oxygen atoms in total. The number of hydrogen-bond donors (Lipinski definition) is 1. The molecule has 18 heavy (non-hydrogen) atoms. The van der Waals surface area contributed by atoms with Gasteiger partial charge in [0.1, 0.15) is 5.82 Å². The number of carbonyl (C=O) groups is 1. The van der Waals surface area contributed by atoms with Crippen LogP contribution >= 0.6 is 0 Å². The van der Waals surface area contributed by atoms with Crippen LogP contribution in [0.2, 0.25) is 0 Å². The Labute approximate surface area is 106 Å². The molecule has 0 aliphatic carbocycles. The lowest BCUT2D eigenvalue weighted by atomic mass is 10.2. The van der Waals surface area contributed by atoms with Gasteiger partial charge in [-0.05, 0) is 31.9 Å². The summed E-state index contributed by atoms with van der Waals surface area (Å²) < 4.78 is 2.20. The lowest BCUT2D eigenvalue weighted by molar-refractivity contribution is -0.137. The zero-order chi connectivity index (χ0) is 13.0. The van der Waals surface area contributed by atoms with Crippen molar-refractivity contribution in [1.82, 2.24) is 9.55 Å². The van der Waals surface area contributed by atoms with Gasteiger partial charge in [0.2, 0.25) is 0 Å². The Morgan fingerprint density at radius 3 is 2.83 bits per heavy atom. The van der Waals surface area contributed by atoms with E-state index in [1.165, 1.54) is 0 Å². The quantitative estimate of drug-likeness (QED) is 0.797. The molecule has 96 valence electrons. The fraction of sp³-hybridized carbons (Fsp3) is 0.429. The van der Waals surface area contributed by atoms with E-state index in [1.54, 1.807) is 0 Å². The van der Waals surface area contributed by atoms with E-state index in [2.05, 4.69) is 22.5 Å². The van der Waals surface area contributed by atoms with Gasteiger partial charge in [-0.1, -0.05) is 12.1 Å². The van der Waals surface area contributed by atoms with E-state index in [4.69, 9.17) is 5.11 Å². The molecule has 0 aliphatic heterocycles. The number of aryl methyl sites for hydroxylation is 2. The lowest BCUT2D eigenvalue weighted by Crippen LogP contribution is -2.02. The maximum Gasteiger partial charge on any atom is 0.303 e. The van der Waals surface area contributed by atoms with Crippen LogP contribution in [0.4, 0.5) is 0 Å². The number of fused-ring (bicyclic) bond motifs is 1. The van der Waals surface area contributed by atoms with Gasteiger partial charge >= 0.3 is 5.97 Å². The van der Waals surface area contributed by atoms with Crippen molar-refractivity contribution in [2.45, 2.75) is 39.2 Å². The van der Waals surface area contributed by atoms with Crippen molar-refractivity contribution >= 4 is 17.0 Å². The van der Waals surface area contributed by atoms with E-state index in [1.807, 2.05) is 18.2 Å². The third kappa shape index (κ3) is 2.70. The number of carboxylic acids is 1. The molecule has 0 bridgehead atoms. The number of benzene rings is 1. The Morgan fingerprint density at radius 1 is 1.33 bits per heavy atom. The van der Waals surface area contributed by atoms with E-state index in [9.17, 15) is 4.79 Å². The summed E-state index contributed by atoms with van der Waals surface area (Å²) in [5, 5.41) is 8.60. The van der Waals surface area contributed by atoms with E-state index in [0.29, 0.717) is 6.42 Å². The van der Waals surface area contributed by atoms with Gasteiger partial charge in [0, 0.05) is 19.4 Å². The molecular weight excluding hydrogens is 228 g/mol. The van der Waals surface area contributed by atoms with Gasteiger partial charge < -0.3 is 9.67 Å². The smallest absolute Gasteiger partial charge is 0.303 e. The molecule has 0 unspecified atom stereocenters. The first-order chi connectivity index (χ1) is 8.72. The number of para-hydroxylation sites is 2. The van der Waals surface area contributed by atoms with Crippen LogP contribution in [-0.4, -0.2) is 20.6 Å². The standard InChI is InChI=1S/C14H18N2O2/c1-2-16-12-8-4-3-7-11(12)15-13(16)9-5-6-10-14(17)18/h3-4,7-8H,2,5-6,9-10H2,1H3,(H,17,18). The molecule has 2 rings (SSSR count). The topological polar surface area (TPSA) is 55.1 Å². The summed E-state index contributed by atoms with van der Waals surface area (Å²) in [6.07, 6.45) is 2.67. The van der Waals surface area contributed by atoms with Crippen molar-refractivity contribution in [3.8, 4) is 0 Å². The molecule has 2 aromatic rings. The minimum atomic E-state index is -0.723.